The van der Waals surface area contributed by atoms with E-state index in [1.54, 1.807) is 0 Å². The van der Waals surface area contributed by atoms with Crippen molar-refractivity contribution in [3.8, 4) is 0 Å². The molecule has 1 unspecified atom stereocenters. The number of rotatable bonds is 8. The molecule has 1 aromatic rings. The van der Waals surface area contributed by atoms with Crippen molar-refractivity contribution in [2.45, 2.75) is 45.8 Å². The molecule has 1 aromatic carbocycles. The van der Waals surface area contributed by atoms with Crippen LogP contribution in [0.15, 0.2) is 24.3 Å². The third-order valence-corrected chi connectivity index (χ3v) is 3.51. The molecular formula is C17H30ClN3O. The molecule has 0 saturated carbocycles. The molecule has 1 atom stereocenters. The van der Waals surface area contributed by atoms with Crippen LogP contribution in [0.4, 0.5) is 0 Å². The Balaban J connectivity index is 0.00000441. The van der Waals surface area contributed by atoms with Gasteiger partial charge in [0.05, 0.1) is 6.04 Å². The van der Waals surface area contributed by atoms with Crippen molar-refractivity contribution in [3.63, 3.8) is 0 Å². The molecule has 0 aromatic heterocycles. The van der Waals surface area contributed by atoms with Crippen LogP contribution in [0, 0.1) is 0 Å². The van der Waals surface area contributed by atoms with Gasteiger partial charge in [0.2, 0.25) is 5.91 Å². The lowest BCUT2D eigenvalue weighted by atomic mass is 10.1. The molecule has 0 saturated heterocycles. The van der Waals surface area contributed by atoms with E-state index in [0.29, 0.717) is 13.1 Å². The van der Waals surface area contributed by atoms with E-state index in [2.05, 4.69) is 43.3 Å². The zero-order valence-electron chi connectivity index (χ0n) is 14.2. The lowest BCUT2D eigenvalue weighted by molar-refractivity contribution is -0.133. The SMILES string of the molecule is CCCC(N)C(=O)N(CC)Cc1ccc(CN(C)C)cc1.Cl. The van der Waals surface area contributed by atoms with E-state index >= 15 is 0 Å². The van der Waals surface area contributed by atoms with Crippen molar-refractivity contribution >= 4 is 18.3 Å². The van der Waals surface area contributed by atoms with Gasteiger partial charge in [0.1, 0.15) is 0 Å². The van der Waals surface area contributed by atoms with Crippen molar-refractivity contribution in [1.29, 1.82) is 0 Å². The summed E-state index contributed by atoms with van der Waals surface area (Å²) in [6.45, 7) is 6.30. The molecule has 22 heavy (non-hydrogen) atoms. The third-order valence-electron chi connectivity index (χ3n) is 3.51. The molecule has 0 fully saturated rings. The normalized spacial score (nSPS) is 11.9. The highest BCUT2D eigenvalue weighted by atomic mass is 35.5. The quantitative estimate of drug-likeness (QED) is 0.798. The fourth-order valence-corrected chi connectivity index (χ4v) is 2.35. The number of halogens is 1. The highest BCUT2D eigenvalue weighted by Gasteiger charge is 2.19. The van der Waals surface area contributed by atoms with E-state index < -0.39 is 0 Å². The summed E-state index contributed by atoms with van der Waals surface area (Å²) in [6.07, 6.45) is 1.68. The smallest absolute Gasteiger partial charge is 0.239 e. The number of carbonyl (C=O) groups is 1. The molecule has 0 radical (unpaired) electrons. The minimum absolute atomic E-state index is 0. The number of nitrogens with zero attached hydrogens (tertiary/aromatic N) is 2. The number of benzene rings is 1. The van der Waals surface area contributed by atoms with Crippen LogP contribution in [0.2, 0.25) is 0 Å². The van der Waals surface area contributed by atoms with Gasteiger partial charge in [-0.2, -0.15) is 0 Å². The lowest BCUT2D eigenvalue weighted by Gasteiger charge is -2.24. The zero-order valence-corrected chi connectivity index (χ0v) is 15.0. The second-order valence-electron chi connectivity index (χ2n) is 5.80. The molecule has 1 rings (SSSR count). The largest absolute Gasteiger partial charge is 0.337 e. The summed E-state index contributed by atoms with van der Waals surface area (Å²) in [5, 5.41) is 0. The fraction of sp³-hybridized carbons (Fsp3) is 0.588. The molecule has 126 valence electrons. The van der Waals surface area contributed by atoms with E-state index in [0.717, 1.165) is 24.9 Å². The Morgan fingerprint density at radius 1 is 1.09 bits per heavy atom. The van der Waals surface area contributed by atoms with E-state index in [1.165, 1.54) is 5.56 Å². The van der Waals surface area contributed by atoms with Crippen LogP contribution in [0.5, 0.6) is 0 Å². The van der Waals surface area contributed by atoms with Gasteiger partial charge >= 0.3 is 0 Å². The van der Waals surface area contributed by atoms with Gasteiger partial charge in [-0.25, -0.2) is 0 Å². The predicted molar refractivity (Wildman–Crippen MR) is 95.1 cm³/mol. The predicted octanol–water partition coefficient (Wildman–Crippen LogP) is 2.65. The molecular weight excluding hydrogens is 298 g/mol. The summed E-state index contributed by atoms with van der Waals surface area (Å²) in [6, 6.07) is 8.07. The Kier molecular flexibility index (Phi) is 10.1. The van der Waals surface area contributed by atoms with E-state index in [1.807, 2.05) is 18.7 Å². The summed E-state index contributed by atoms with van der Waals surface area (Å²) in [7, 11) is 4.11. The number of likely N-dealkylation sites (N-methyl/N-ethyl adjacent to an activating group) is 1. The molecule has 0 spiro atoms. The Morgan fingerprint density at radius 2 is 1.59 bits per heavy atom. The number of carbonyl (C=O) groups excluding carboxylic acids is 1. The first-order valence-electron chi connectivity index (χ1n) is 7.74. The first-order chi connectivity index (χ1) is 9.97. The van der Waals surface area contributed by atoms with Crippen molar-refractivity contribution < 1.29 is 4.79 Å². The molecule has 0 aliphatic carbocycles. The van der Waals surface area contributed by atoms with Gasteiger partial charge in [-0.1, -0.05) is 37.6 Å². The molecule has 2 N–H and O–H groups in total. The maximum Gasteiger partial charge on any atom is 0.239 e. The van der Waals surface area contributed by atoms with Gasteiger partial charge < -0.3 is 15.5 Å². The Morgan fingerprint density at radius 3 is 2.00 bits per heavy atom. The summed E-state index contributed by atoms with van der Waals surface area (Å²) in [5.74, 6) is 0.0525. The minimum atomic E-state index is -0.372. The van der Waals surface area contributed by atoms with Crippen molar-refractivity contribution in [3.05, 3.63) is 35.4 Å². The maximum atomic E-state index is 12.3. The Bertz CT molecular complexity index is 434. The first-order valence-corrected chi connectivity index (χ1v) is 7.74. The van der Waals surface area contributed by atoms with Gasteiger partial charge in [0.25, 0.3) is 0 Å². The van der Waals surface area contributed by atoms with Crippen LogP contribution in [0.3, 0.4) is 0 Å². The van der Waals surface area contributed by atoms with Gasteiger partial charge in [-0.15, -0.1) is 12.4 Å². The fourth-order valence-electron chi connectivity index (χ4n) is 2.35. The molecule has 0 aliphatic heterocycles. The van der Waals surface area contributed by atoms with Gasteiger partial charge in [0.15, 0.2) is 0 Å². The Hall–Kier alpha value is -1.10. The van der Waals surface area contributed by atoms with Gasteiger partial charge in [-0.05, 0) is 38.6 Å². The number of hydrogen-bond acceptors (Lipinski definition) is 3. The highest BCUT2D eigenvalue weighted by Crippen LogP contribution is 2.10. The maximum absolute atomic E-state index is 12.3. The van der Waals surface area contributed by atoms with Crippen LogP contribution < -0.4 is 5.73 Å². The molecule has 1 amide bonds. The van der Waals surface area contributed by atoms with Crippen molar-refractivity contribution in [1.82, 2.24) is 9.80 Å². The number of hydrogen-bond donors (Lipinski definition) is 1. The highest BCUT2D eigenvalue weighted by molar-refractivity contribution is 5.85. The Labute approximate surface area is 141 Å². The van der Waals surface area contributed by atoms with Crippen molar-refractivity contribution in [2.24, 2.45) is 5.73 Å². The summed E-state index contributed by atoms with van der Waals surface area (Å²) in [5.41, 5.74) is 8.37. The van der Waals surface area contributed by atoms with Crippen LogP contribution in [0.1, 0.15) is 37.8 Å². The van der Waals surface area contributed by atoms with Gasteiger partial charge in [0, 0.05) is 19.6 Å². The van der Waals surface area contributed by atoms with Gasteiger partial charge in [-0.3, -0.25) is 4.79 Å². The molecule has 0 heterocycles. The van der Waals surface area contributed by atoms with Crippen LogP contribution in [0.25, 0.3) is 0 Å². The molecule has 5 heteroatoms. The topological polar surface area (TPSA) is 49.6 Å². The van der Waals surface area contributed by atoms with E-state index in [-0.39, 0.29) is 24.4 Å². The standard InChI is InChI=1S/C17H29N3O.ClH/c1-5-7-16(18)17(21)20(6-2)13-15-10-8-14(9-11-15)12-19(3)4;/h8-11,16H,5-7,12-13,18H2,1-4H3;1H. The van der Waals surface area contributed by atoms with Crippen molar-refractivity contribution in [2.75, 3.05) is 20.6 Å². The molecule has 0 aliphatic rings. The lowest BCUT2D eigenvalue weighted by Crippen LogP contribution is -2.43. The average molecular weight is 328 g/mol. The third kappa shape index (κ3) is 6.77. The number of amides is 1. The van der Waals surface area contributed by atoms with Crippen LogP contribution in [-0.2, 0) is 17.9 Å². The summed E-state index contributed by atoms with van der Waals surface area (Å²) < 4.78 is 0. The minimum Gasteiger partial charge on any atom is -0.337 e. The summed E-state index contributed by atoms with van der Waals surface area (Å²) >= 11 is 0. The average Bonchev–Trinajstić information content (AvgIpc) is 2.45. The zero-order chi connectivity index (χ0) is 15.8. The second kappa shape index (κ2) is 10.6. The van der Waals surface area contributed by atoms with E-state index in [9.17, 15) is 4.79 Å². The molecule has 0 bridgehead atoms. The monoisotopic (exact) mass is 327 g/mol. The van der Waals surface area contributed by atoms with Crippen LogP contribution >= 0.6 is 12.4 Å². The van der Waals surface area contributed by atoms with Crippen LogP contribution in [-0.4, -0.2) is 42.4 Å². The first kappa shape index (κ1) is 20.9. The molecule has 4 nitrogen and oxygen atoms in total. The summed E-state index contributed by atoms with van der Waals surface area (Å²) in [4.78, 5) is 16.2. The number of nitrogens with two attached hydrogens (primary N) is 1. The van der Waals surface area contributed by atoms with E-state index in [4.69, 9.17) is 5.73 Å². The second-order valence-corrected chi connectivity index (χ2v) is 5.80.